The first kappa shape index (κ1) is 21.6. The van der Waals surface area contributed by atoms with Crippen LogP contribution in [-0.4, -0.2) is 50.5 Å². The van der Waals surface area contributed by atoms with Crippen molar-refractivity contribution in [2.24, 2.45) is 10.9 Å². The van der Waals surface area contributed by atoms with Crippen LogP contribution >= 0.6 is 0 Å². The Labute approximate surface area is 155 Å². The zero-order chi connectivity index (χ0) is 20.2. The molecule has 0 aliphatic heterocycles. The normalized spacial score (nSPS) is 10.4. The minimum absolute atomic E-state index is 0.0358. The number of carbonyl (C=O) groups is 4. The summed E-state index contributed by atoms with van der Waals surface area (Å²) in [4.78, 5) is 51.4. The van der Waals surface area contributed by atoms with Gasteiger partial charge in [0.25, 0.3) is 0 Å². The summed E-state index contributed by atoms with van der Waals surface area (Å²) in [6.07, 6.45) is -1.06. The van der Waals surface area contributed by atoms with Crippen LogP contribution in [0.25, 0.3) is 0 Å². The average Bonchev–Trinajstić information content (AvgIpc) is 2.62. The zero-order valence-electron chi connectivity index (χ0n) is 15.2. The number of para-hydroxylation sites is 2. The van der Waals surface area contributed by atoms with Crippen molar-refractivity contribution in [2.75, 3.05) is 20.3 Å². The van der Waals surface area contributed by atoms with Crippen molar-refractivity contribution >= 4 is 35.9 Å². The number of nitrogens with zero attached hydrogens (tertiary/aromatic N) is 1. The zero-order valence-corrected chi connectivity index (χ0v) is 15.2. The van der Waals surface area contributed by atoms with E-state index >= 15 is 0 Å². The van der Waals surface area contributed by atoms with Crippen LogP contribution in [-0.2, 0) is 19.1 Å². The summed E-state index contributed by atoms with van der Waals surface area (Å²) in [6.45, 7) is 3.18. The lowest BCUT2D eigenvalue weighted by atomic mass is 10.1. The second-order valence-corrected chi connectivity index (χ2v) is 4.85. The van der Waals surface area contributed by atoms with Crippen LogP contribution in [0.3, 0.4) is 0 Å². The monoisotopic (exact) mass is 379 g/mol. The van der Waals surface area contributed by atoms with Gasteiger partial charge < -0.3 is 14.2 Å². The van der Waals surface area contributed by atoms with Gasteiger partial charge >= 0.3 is 12.2 Å². The van der Waals surface area contributed by atoms with Crippen LogP contribution < -0.4 is 15.4 Å². The number of aliphatic imine (C=N–C) groups is 1. The Morgan fingerprint density at radius 1 is 1.00 bits per heavy atom. The molecule has 2 N–H and O–H groups in total. The van der Waals surface area contributed by atoms with E-state index in [1.54, 1.807) is 38.1 Å². The summed E-state index contributed by atoms with van der Waals surface area (Å²) in [7, 11) is 1.44. The van der Waals surface area contributed by atoms with Crippen LogP contribution in [0.2, 0.25) is 0 Å². The van der Waals surface area contributed by atoms with Crippen LogP contribution in [0, 0.1) is 5.92 Å². The fraction of sp³-hybridized carbons (Fsp3) is 0.353. The van der Waals surface area contributed by atoms with Crippen molar-refractivity contribution in [1.82, 2.24) is 10.6 Å². The molecule has 0 aliphatic rings. The molecule has 0 bridgehead atoms. The van der Waals surface area contributed by atoms with Gasteiger partial charge in [-0.2, -0.15) is 0 Å². The van der Waals surface area contributed by atoms with E-state index in [4.69, 9.17) is 4.74 Å². The predicted molar refractivity (Wildman–Crippen MR) is 95.0 cm³/mol. The van der Waals surface area contributed by atoms with Gasteiger partial charge in [-0.1, -0.05) is 12.1 Å². The molecule has 10 heteroatoms. The quantitative estimate of drug-likeness (QED) is 0.542. The first-order chi connectivity index (χ1) is 12.9. The van der Waals surface area contributed by atoms with E-state index in [1.165, 1.54) is 7.11 Å². The summed E-state index contributed by atoms with van der Waals surface area (Å²) < 4.78 is 14.3. The third-order valence-electron chi connectivity index (χ3n) is 3.01. The van der Waals surface area contributed by atoms with Gasteiger partial charge in [0.1, 0.15) is 11.4 Å². The number of imide groups is 2. The van der Waals surface area contributed by atoms with Crippen molar-refractivity contribution in [3.05, 3.63) is 24.3 Å². The summed E-state index contributed by atoms with van der Waals surface area (Å²) in [6, 6.07) is 6.63. The van der Waals surface area contributed by atoms with Gasteiger partial charge in [0.2, 0.25) is 11.8 Å². The van der Waals surface area contributed by atoms with E-state index in [0.717, 1.165) is 6.21 Å². The lowest BCUT2D eigenvalue weighted by Crippen LogP contribution is -2.46. The summed E-state index contributed by atoms with van der Waals surface area (Å²) in [5, 5.41) is 3.79. The smallest absolute Gasteiger partial charge is 0.413 e. The maximum absolute atomic E-state index is 12.2. The molecule has 0 aromatic heterocycles. The number of benzene rings is 1. The Kier molecular flexibility index (Phi) is 8.99. The van der Waals surface area contributed by atoms with Gasteiger partial charge in [-0.05, 0) is 26.0 Å². The molecule has 1 aromatic carbocycles. The molecular formula is C17H21N3O7. The van der Waals surface area contributed by atoms with Crippen molar-refractivity contribution in [1.29, 1.82) is 0 Å². The molecule has 0 fully saturated rings. The first-order valence-corrected chi connectivity index (χ1v) is 8.05. The number of alkyl carbamates (subject to hydrolysis) is 2. The highest BCUT2D eigenvalue weighted by Gasteiger charge is 2.28. The van der Waals surface area contributed by atoms with Gasteiger partial charge in [0, 0.05) is 6.21 Å². The highest BCUT2D eigenvalue weighted by atomic mass is 16.6. The van der Waals surface area contributed by atoms with Gasteiger partial charge in [0.05, 0.1) is 20.3 Å². The third kappa shape index (κ3) is 7.14. The number of hydrogen-bond acceptors (Lipinski definition) is 8. The second kappa shape index (κ2) is 11.2. The Morgan fingerprint density at radius 2 is 1.52 bits per heavy atom. The molecule has 0 saturated carbocycles. The van der Waals surface area contributed by atoms with E-state index < -0.39 is 29.9 Å². The number of hydrogen-bond donors (Lipinski definition) is 2. The molecule has 0 radical (unpaired) electrons. The molecule has 0 spiro atoms. The molecule has 27 heavy (non-hydrogen) atoms. The van der Waals surface area contributed by atoms with Gasteiger partial charge in [-0.3, -0.25) is 25.2 Å². The Morgan fingerprint density at radius 3 is 2.00 bits per heavy atom. The molecule has 0 aliphatic carbocycles. The largest absolute Gasteiger partial charge is 0.494 e. The third-order valence-corrected chi connectivity index (χ3v) is 3.01. The number of nitrogens with one attached hydrogen (secondary N) is 2. The Bertz CT molecular complexity index is 686. The average molecular weight is 379 g/mol. The molecule has 4 amide bonds. The minimum atomic E-state index is -1.59. The highest BCUT2D eigenvalue weighted by Crippen LogP contribution is 2.26. The predicted octanol–water partition coefficient (Wildman–Crippen LogP) is 1.56. The van der Waals surface area contributed by atoms with Gasteiger partial charge in [-0.25, -0.2) is 9.59 Å². The van der Waals surface area contributed by atoms with Crippen LogP contribution in [0.5, 0.6) is 5.75 Å². The Hall–Kier alpha value is -3.43. The summed E-state index contributed by atoms with van der Waals surface area (Å²) in [5.41, 5.74) is 0.345. The topological polar surface area (TPSA) is 132 Å². The lowest BCUT2D eigenvalue weighted by Gasteiger charge is -2.12. The molecule has 0 heterocycles. The lowest BCUT2D eigenvalue weighted by molar-refractivity contribution is -0.131. The number of ether oxygens (including phenoxy) is 3. The molecule has 1 aromatic rings. The number of rotatable bonds is 7. The fourth-order valence-corrected chi connectivity index (χ4v) is 1.84. The van der Waals surface area contributed by atoms with E-state index in [0.29, 0.717) is 11.4 Å². The molecule has 0 unspecified atom stereocenters. The van der Waals surface area contributed by atoms with Crippen LogP contribution in [0.15, 0.2) is 29.3 Å². The fourth-order valence-electron chi connectivity index (χ4n) is 1.84. The number of carbonyl (C=O) groups excluding carboxylic acids is 4. The maximum atomic E-state index is 12.2. The first-order valence-electron chi connectivity index (χ1n) is 8.05. The van der Waals surface area contributed by atoms with Crippen molar-refractivity contribution < 1.29 is 33.4 Å². The van der Waals surface area contributed by atoms with Gasteiger partial charge in [0.15, 0.2) is 5.92 Å². The summed E-state index contributed by atoms with van der Waals surface area (Å²) in [5.74, 6) is -3.23. The minimum Gasteiger partial charge on any atom is -0.494 e. The highest BCUT2D eigenvalue weighted by molar-refractivity contribution is 6.18. The van der Waals surface area contributed by atoms with E-state index in [-0.39, 0.29) is 13.2 Å². The van der Waals surface area contributed by atoms with E-state index in [9.17, 15) is 19.2 Å². The maximum Gasteiger partial charge on any atom is 0.413 e. The van der Waals surface area contributed by atoms with Gasteiger partial charge in [-0.15, -0.1) is 0 Å². The molecular weight excluding hydrogens is 358 g/mol. The molecule has 146 valence electrons. The molecule has 10 nitrogen and oxygen atoms in total. The molecule has 0 atom stereocenters. The van der Waals surface area contributed by atoms with Crippen molar-refractivity contribution in [3.63, 3.8) is 0 Å². The van der Waals surface area contributed by atoms with Crippen LogP contribution in [0.1, 0.15) is 13.8 Å². The SMILES string of the molecule is CCOC(=O)NC(=O)C(C=Nc1ccccc1OC)C(=O)NC(=O)OCC. The Balaban J connectivity index is 3.03. The second-order valence-electron chi connectivity index (χ2n) is 4.85. The van der Waals surface area contributed by atoms with Crippen molar-refractivity contribution in [2.45, 2.75) is 13.8 Å². The molecule has 0 saturated heterocycles. The number of methoxy groups -OCH3 is 1. The number of amides is 4. The standard InChI is InChI=1S/C17H21N3O7/c1-4-26-16(23)19-14(21)11(15(22)20-17(24)27-5-2)10-18-12-8-6-7-9-13(12)25-3/h6-11H,4-5H2,1-3H3,(H,19,21,23)(H,20,22,24). The van der Waals surface area contributed by atoms with E-state index in [2.05, 4.69) is 14.5 Å². The summed E-state index contributed by atoms with van der Waals surface area (Å²) >= 11 is 0. The van der Waals surface area contributed by atoms with Crippen molar-refractivity contribution in [3.8, 4) is 5.75 Å². The molecule has 1 rings (SSSR count). The van der Waals surface area contributed by atoms with E-state index in [1.807, 2.05) is 10.6 Å². The van der Waals surface area contributed by atoms with Crippen LogP contribution in [0.4, 0.5) is 15.3 Å².